The number of aromatic nitrogens is 2. The first kappa shape index (κ1) is 20.2. The zero-order valence-corrected chi connectivity index (χ0v) is 18.2. The number of carbonyl (C=O) groups is 2. The highest BCUT2D eigenvalue weighted by atomic mass is 79.9. The van der Waals surface area contributed by atoms with Gasteiger partial charge in [0.2, 0.25) is 11.8 Å². The second kappa shape index (κ2) is 7.95. The number of nitrogens with one attached hydrogen (secondary N) is 1. The zero-order valence-electron chi connectivity index (χ0n) is 16.6. The van der Waals surface area contributed by atoms with E-state index in [4.69, 9.17) is 0 Å². The molecule has 1 aliphatic heterocycles. The van der Waals surface area contributed by atoms with Crippen molar-refractivity contribution in [2.45, 2.75) is 13.3 Å². The molecule has 1 fully saturated rings. The van der Waals surface area contributed by atoms with Gasteiger partial charge in [-0.05, 0) is 43.7 Å². The van der Waals surface area contributed by atoms with Crippen LogP contribution in [0.3, 0.4) is 0 Å². The van der Waals surface area contributed by atoms with Gasteiger partial charge in [-0.15, -0.1) is 0 Å². The van der Waals surface area contributed by atoms with Crippen molar-refractivity contribution in [3.05, 3.63) is 75.1 Å². The number of halogens is 1. The van der Waals surface area contributed by atoms with Crippen LogP contribution in [0.15, 0.2) is 63.9 Å². The van der Waals surface area contributed by atoms with Gasteiger partial charge in [-0.2, -0.15) is 0 Å². The maximum absolute atomic E-state index is 13.0. The van der Waals surface area contributed by atoms with E-state index < -0.39 is 11.8 Å². The Morgan fingerprint density at radius 3 is 2.47 bits per heavy atom. The predicted molar refractivity (Wildman–Crippen MR) is 119 cm³/mol. The average Bonchev–Trinajstić information content (AvgIpc) is 3.22. The van der Waals surface area contributed by atoms with Crippen molar-refractivity contribution >= 4 is 39.1 Å². The molecule has 1 aliphatic rings. The molecule has 0 aliphatic carbocycles. The van der Waals surface area contributed by atoms with Crippen LogP contribution in [-0.2, 0) is 16.6 Å². The molecule has 2 heterocycles. The number of anilines is 2. The van der Waals surface area contributed by atoms with Crippen LogP contribution in [0.4, 0.5) is 11.4 Å². The summed E-state index contributed by atoms with van der Waals surface area (Å²) >= 11 is 3.41. The molecule has 0 radical (unpaired) electrons. The molecule has 0 bridgehead atoms. The topological polar surface area (TPSA) is 76.3 Å². The highest BCUT2D eigenvalue weighted by molar-refractivity contribution is 9.10. The molecule has 3 aromatic rings. The highest BCUT2D eigenvalue weighted by Gasteiger charge is 2.38. The average molecular weight is 469 g/mol. The SMILES string of the molecule is Cc1c(NC(=O)C2CCN(c3cccc(Br)c3)C2=O)c(=O)n(-c2ccccc2)n1C. The fraction of sp³-hybridized carbons (Fsp3) is 0.227. The molecule has 0 spiro atoms. The minimum Gasteiger partial charge on any atom is -0.319 e. The van der Waals surface area contributed by atoms with E-state index in [-0.39, 0.29) is 17.2 Å². The number of hydrogen-bond acceptors (Lipinski definition) is 3. The molecule has 8 heteroatoms. The monoisotopic (exact) mass is 468 g/mol. The van der Waals surface area contributed by atoms with Crippen molar-refractivity contribution < 1.29 is 9.59 Å². The molecule has 2 aromatic carbocycles. The second-order valence-corrected chi connectivity index (χ2v) is 8.15. The molecule has 30 heavy (non-hydrogen) atoms. The van der Waals surface area contributed by atoms with E-state index in [1.165, 1.54) is 4.68 Å². The Bertz CT molecular complexity index is 1180. The summed E-state index contributed by atoms with van der Waals surface area (Å²) in [6.07, 6.45) is 0.399. The van der Waals surface area contributed by atoms with Gasteiger partial charge >= 0.3 is 0 Å². The molecule has 1 unspecified atom stereocenters. The van der Waals surface area contributed by atoms with E-state index >= 15 is 0 Å². The van der Waals surface area contributed by atoms with Gasteiger partial charge in [0, 0.05) is 23.8 Å². The lowest BCUT2D eigenvalue weighted by atomic mass is 10.1. The van der Waals surface area contributed by atoms with Crippen molar-refractivity contribution in [2.24, 2.45) is 13.0 Å². The lowest BCUT2D eigenvalue weighted by Crippen LogP contribution is -2.34. The number of carbonyl (C=O) groups excluding carboxylic acids is 2. The van der Waals surface area contributed by atoms with E-state index in [9.17, 15) is 14.4 Å². The van der Waals surface area contributed by atoms with Gasteiger partial charge in [0.25, 0.3) is 5.56 Å². The van der Waals surface area contributed by atoms with Gasteiger partial charge in [-0.25, -0.2) is 4.68 Å². The van der Waals surface area contributed by atoms with Crippen LogP contribution >= 0.6 is 15.9 Å². The molecular formula is C22H21BrN4O3. The molecule has 1 atom stereocenters. The third-order valence-electron chi connectivity index (χ3n) is 5.44. The normalized spacial score (nSPS) is 16.2. The van der Waals surface area contributed by atoms with E-state index in [2.05, 4.69) is 21.2 Å². The van der Waals surface area contributed by atoms with Crippen LogP contribution in [0.1, 0.15) is 12.1 Å². The molecule has 154 valence electrons. The molecule has 0 saturated carbocycles. The van der Waals surface area contributed by atoms with Crippen molar-refractivity contribution in [3.8, 4) is 5.69 Å². The minimum atomic E-state index is -0.826. The van der Waals surface area contributed by atoms with Gasteiger partial charge in [0.15, 0.2) is 0 Å². The summed E-state index contributed by atoms with van der Waals surface area (Å²) in [5.41, 5.74) is 1.92. The van der Waals surface area contributed by atoms with Gasteiger partial charge in [0.1, 0.15) is 11.6 Å². The van der Waals surface area contributed by atoms with Gasteiger partial charge in [-0.1, -0.05) is 40.2 Å². The summed E-state index contributed by atoms with van der Waals surface area (Å²) in [5, 5.41) is 2.72. The summed E-state index contributed by atoms with van der Waals surface area (Å²) < 4.78 is 4.05. The van der Waals surface area contributed by atoms with Crippen LogP contribution in [0, 0.1) is 12.8 Å². The fourth-order valence-corrected chi connectivity index (χ4v) is 4.13. The Kier molecular flexibility index (Phi) is 5.34. The summed E-state index contributed by atoms with van der Waals surface area (Å²) in [4.78, 5) is 40.4. The van der Waals surface area contributed by atoms with Crippen LogP contribution in [-0.4, -0.2) is 27.7 Å². The Balaban J connectivity index is 1.58. The Morgan fingerprint density at radius 1 is 1.07 bits per heavy atom. The van der Waals surface area contributed by atoms with Crippen molar-refractivity contribution in [1.29, 1.82) is 0 Å². The van der Waals surface area contributed by atoms with Crippen molar-refractivity contribution in [3.63, 3.8) is 0 Å². The molecule has 7 nitrogen and oxygen atoms in total. The third-order valence-corrected chi connectivity index (χ3v) is 5.94. The zero-order chi connectivity index (χ0) is 21.4. The first-order valence-corrected chi connectivity index (χ1v) is 10.4. The first-order valence-electron chi connectivity index (χ1n) is 9.60. The predicted octanol–water partition coefficient (Wildman–Crippen LogP) is 3.24. The smallest absolute Gasteiger partial charge is 0.295 e. The number of hydrogen-bond donors (Lipinski definition) is 1. The van der Waals surface area contributed by atoms with E-state index in [1.54, 1.807) is 23.6 Å². The fourth-order valence-electron chi connectivity index (χ4n) is 3.75. The van der Waals surface area contributed by atoms with Crippen LogP contribution in [0.2, 0.25) is 0 Å². The molecule has 1 saturated heterocycles. The number of rotatable bonds is 4. The Morgan fingerprint density at radius 2 is 1.77 bits per heavy atom. The van der Waals surface area contributed by atoms with Gasteiger partial charge < -0.3 is 10.2 Å². The number of para-hydroxylation sites is 1. The molecule has 1 N–H and O–H groups in total. The number of amides is 2. The molecular weight excluding hydrogens is 448 g/mol. The summed E-state index contributed by atoms with van der Waals surface area (Å²) in [6.45, 7) is 2.22. The quantitative estimate of drug-likeness (QED) is 0.597. The van der Waals surface area contributed by atoms with E-state index in [0.717, 1.165) is 10.2 Å². The highest BCUT2D eigenvalue weighted by Crippen LogP contribution is 2.28. The summed E-state index contributed by atoms with van der Waals surface area (Å²) in [5.74, 6) is -1.54. The molecule has 2 amide bonds. The van der Waals surface area contributed by atoms with Gasteiger partial charge in [-0.3, -0.25) is 19.1 Å². The van der Waals surface area contributed by atoms with E-state index in [0.29, 0.717) is 24.3 Å². The van der Waals surface area contributed by atoms with Crippen molar-refractivity contribution in [1.82, 2.24) is 9.36 Å². The Hall–Kier alpha value is -3.13. The third kappa shape index (κ3) is 3.47. The minimum absolute atomic E-state index is 0.194. The Labute approximate surface area is 182 Å². The lowest BCUT2D eigenvalue weighted by molar-refractivity contribution is -0.129. The maximum atomic E-state index is 13.0. The lowest BCUT2D eigenvalue weighted by Gasteiger charge is -2.17. The molecule has 4 rings (SSSR count). The van der Waals surface area contributed by atoms with Crippen LogP contribution in [0.5, 0.6) is 0 Å². The largest absolute Gasteiger partial charge is 0.319 e. The first-order chi connectivity index (χ1) is 14.4. The standard InChI is InChI=1S/C22H21BrN4O3/c1-14-19(22(30)27(25(14)2)16-8-4-3-5-9-16)24-20(28)18-11-12-26(21(18)29)17-10-6-7-15(23)13-17/h3-10,13,18H,11-12H2,1-2H3,(H,24,28). The maximum Gasteiger partial charge on any atom is 0.295 e. The van der Waals surface area contributed by atoms with Crippen molar-refractivity contribution in [2.75, 3.05) is 16.8 Å². The number of benzene rings is 2. The van der Waals surface area contributed by atoms with Crippen LogP contribution in [0.25, 0.3) is 5.69 Å². The molecule has 1 aromatic heterocycles. The van der Waals surface area contributed by atoms with Gasteiger partial charge in [0.05, 0.1) is 11.4 Å². The van der Waals surface area contributed by atoms with Crippen LogP contribution < -0.4 is 15.8 Å². The second-order valence-electron chi connectivity index (χ2n) is 7.24. The summed E-state index contributed by atoms with van der Waals surface area (Å²) in [6, 6.07) is 16.6. The van der Waals surface area contributed by atoms with E-state index in [1.807, 2.05) is 54.6 Å². The summed E-state index contributed by atoms with van der Waals surface area (Å²) in [7, 11) is 1.76. The number of nitrogens with zero attached hydrogens (tertiary/aromatic N) is 3.